The number of amides is 1. The van der Waals surface area contributed by atoms with Crippen LogP contribution in [0.15, 0.2) is 88.9 Å². The minimum absolute atomic E-state index is 0.176. The minimum atomic E-state index is -0.413. The zero-order valence-electron chi connectivity index (χ0n) is 16.7. The number of carbonyl (C=O) groups is 2. The number of hydrazone groups is 1. The molecule has 0 aliphatic heterocycles. The van der Waals surface area contributed by atoms with E-state index in [2.05, 4.69) is 10.5 Å². The van der Waals surface area contributed by atoms with E-state index in [0.717, 1.165) is 10.5 Å². The molecule has 0 aliphatic carbocycles. The Balaban J connectivity index is 1.49. The second-order valence-corrected chi connectivity index (χ2v) is 8.05. The van der Waals surface area contributed by atoms with Crippen molar-refractivity contribution in [2.75, 3.05) is 0 Å². The van der Waals surface area contributed by atoms with E-state index in [9.17, 15) is 9.59 Å². The molecule has 0 aliphatic rings. The van der Waals surface area contributed by atoms with Crippen molar-refractivity contribution in [3.63, 3.8) is 0 Å². The molecule has 0 bridgehead atoms. The molecule has 0 unspecified atom stereocenters. The summed E-state index contributed by atoms with van der Waals surface area (Å²) in [6.07, 6.45) is 1.55. The van der Waals surface area contributed by atoms with E-state index in [1.54, 1.807) is 54.7 Å². The maximum Gasteiger partial charge on any atom is 0.343 e. The van der Waals surface area contributed by atoms with Gasteiger partial charge in [-0.25, -0.2) is 10.2 Å². The zero-order chi connectivity index (χ0) is 21.3. The number of hydrogen-bond acceptors (Lipinski definition) is 5. The summed E-state index contributed by atoms with van der Waals surface area (Å²) in [5.74, 6) is -0.150. The molecule has 3 rings (SSSR count). The quantitative estimate of drug-likeness (QED) is 0.196. The number of carbonyl (C=O) groups excluding carboxylic acids is 2. The number of benzene rings is 3. The normalized spacial score (nSPS) is 11.8. The summed E-state index contributed by atoms with van der Waals surface area (Å²) < 4.78 is 5.34. The van der Waals surface area contributed by atoms with E-state index in [0.29, 0.717) is 11.3 Å². The number of hydrogen-bond donors (Lipinski definition) is 1. The third-order valence-corrected chi connectivity index (χ3v) is 5.30. The Morgan fingerprint density at radius 2 is 1.63 bits per heavy atom. The zero-order valence-corrected chi connectivity index (χ0v) is 17.6. The number of nitrogens with zero attached hydrogens (tertiary/aromatic N) is 1. The highest BCUT2D eigenvalue weighted by atomic mass is 32.2. The molecular formula is C24H22N2O3S. The van der Waals surface area contributed by atoms with E-state index < -0.39 is 5.97 Å². The first-order valence-electron chi connectivity index (χ1n) is 9.45. The van der Waals surface area contributed by atoms with Crippen LogP contribution in [0.5, 0.6) is 5.75 Å². The van der Waals surface area contributed by atoms with Gasteiger partial charge in [0.2, 0.25) is 0 Å². The fraction of sp³-hybridized carbons (Fsp3) is 0.125. The van der Waals surface area contributed by atoms with Gasteiger partial charge >= 0.3 is 5.97 Å². The van der Waals surface area contributed by atoms with Gasteiger partial charge in [0.05, 0.1) is 17.0 Å². The Hall–Kier alpha value is -3.38. The Kier molecular flexibility index (Phi) is 7.40. The molecule has 3 aromatic rings. The van der Waals surface area contributed by atoms with Crippen LogP contribution in [0.2, 0.25) is 0 Å². The van der Waals surface area contributed by atoms with Crippen LogP contribution < -0.4 is 10.2 Å². The van der Waals surface area contributed by atoms with Crippen molar-refractivity contribution in [2.24, 2.45) is 5.10 Å². The predicted octanol–water partition coefficient (Wildman–Crippen LogP) is 4.85. The molecule has 30 heavy (non-hydrogen) atoms. The fourth-order valence-corrected chi connectivity index (χ4v) is 3.36. The number of nitrogens with one attached hydrogen (secondary N) is 1. The number of aryl methyl sites for hydroxylation is 1. The van der Waals surface area contributed by atoms with Gasteiger partial charge < -0.3 is 4.74 Å². The lowest BCUT2D eigenvalue weighted by molar-refractivity contribution is -0.120. The molecule has 1 amide bonds. The van der Waals surface area contributed by atoms with Crippen molar-refractivity contribution in [2.45, 2.75) is 24.0 Å². The summed E-state index contributed by atoms with van der Waals surface area (Å²) in [7, 11) is 0. The van der Waals surface area contributed by atoms with Crippen molar-refractivity contribution in [3.8, 4) is 5.75 Å². The number of esters is 1. The van der Waals surface area contributed by atoms with E-state index in [1.165, 1.54) is 17.3 Å². The van der Waals surface area contributed by atoms with Gasteiger partial charge in [-0.15, -0.1) is 11.8 Å². The third-order valence-electron chi connectivity index (χ3n) is 4.19. The lowest BCUT2D eigenvalue weighted by atomic mass is 10.2. The second kappa shape index (κ2) is 10.4. The summed E-state index contributed by atoms with van der Waals surface area (Å²) in [5, 5.41) is 3.74. The van der Waals surface area contributed by atoms with Crippen LogP contribution in [-0.2, 0) is 4.79 Å². The van der Waals surface area contributed by atoms with Crippen LogP contribution in [0.3, 0.4) is 0 Å². The maximum atomic E-state index is 12.2. The van der Waals surface area contributed by atoms with Crippen LogP contribution >= 0.6 is 11.8 Å². The number of ether oxygens (including phenoxy) is 1. The molecule has 0 aromatic heterocycles. The molecule has 0 saturated carbocycles. The molecule has 0 saturated heterocycles. The SMILES string of the molecule is Cc1ccc(S[C@H](C)C(=O)N/N=C\c2ccc(OC(=O)c3ccccc3)cc2)cc1. The molecule has 1 N–H and O–H groups in total. The van der Waals surface area contributed by atoms with Gasteiger partial charge in [-0.3, -0.25) is 4.79 Å². The first-order valence-corrected chi connectivity index (χ1v) is 10.3. The molecule has 3 aromatic carbocycles. The maximum absolute atomic E-state index is 12.2. The van der Waals surface area contributed by atoms with Gasteiger partial charge in [0, 0.05) is 4.90 Å². The standard InChI is InChI=1S/C24H22N2O3S/c1-17-8-14-22(15-9-17)30-18(2)23(27)26-25-16-19-10-12-21(13-11-19)29-24(28)20-6-4-3-5-7-20/h3-16,18H,1-2H3,(H,26,27)/b25-16-/t18-/m1/s1. The molecule has 6 heteroatoms. The largest absolute Gasteiger partial charge is 0.423 e. The molecule has 5 nitrogen and oxygen atoms in total. The summed E-state index contributed by atoms with van der Waals surface area (Å²) in [6, 6.07) is 23.7. The summed E-state index contributed by atoms with van der Waals surface area (Å²) in [5.41, 5.74) is 5.00. The van der Waals surface area contributed by atoms with E-state index in [1.807, 2.05) is 44.2 Å². The molecule has 0 heterocycles. The average molecular weight is 419 g/mol. The van der Waals surface area contributed by atoms with Crippen molar-refractivity contribution < 1.29 is 14.3 Å². The monoisotopic (exact) mass is 418 g/mol. The molecule has 0 fully saturated rings. The molecular weight excluding hydrogens is 396 g/mol. The molecule has 0 spiro atoms. The smallest absolute Gasteiger partial charge is 0.343 e. The highest BCUT2D eigenvalue weighted by Crippen LogP contribution is 2.23. The van der Waals surface area contributed by atoms with Crippen molar-refractivity contribution >= 4 is 29.9 Å². The van der Waals surface area contributed by atoms with E-state index in [4.69, 9.17) is 4.74 Å². The molecule has 0 radical (unpaired) electrons. The highest BCUT2D eigenvalue weighted by Gasteiger charge is 2.13. The van der Waals surface area contributed by atoms with Crippen LogP contribution in [0, 0.1) is 6.92 Å². The number of rotatable bonds is 7. The van der Waals surface area contributed by atoms with E-state index in [-0.39, 0.29) is 11.2 Å². The fourth-order valence-electron chi connectivity index (χ4n) is 2.50. The third kappa shape index (κ3) is 6.32. The van der Waals surface area contributed by atoms with Crippen molar-refractivity contribution in [1.82, 2.24) is 5.43 Å². The first kappa shape index (κ1) is 21.3. The van der Waals surface area contributed by atoms with Crippen LogP contribution in [0.25, 0.3) is 0 Å². The van der Waals surface area contributed by atoms with Gasteiger partial charge in [-0.2, -0.15) is 5.10 Å². The Labute approximate surface area is 180 Å². The molecule has 1 atom stereocenters. The Morgan fingerprint density at radius 3 is 2.30 bits per heavy atom. The average Bonchev–Trinajstić information content (AvgIpc) is 2.77. The highest BCUT2D eigenvalue weighted by molar-refractivity contribution is 8.00. The van der Waals surface area contributed by atoms with Crippen molar-refractivity contribution in [3.05, 3.63) is 95.6 Å². The van der Waals surface area contributed by atoms with Crippen molar-refractivity contribution in [1.29, 1.82) is 0 Å². The second-order valence-electron chi connectivity index (χ2n) is 6.63. The van der Waals surface area contributed by atoms with E-state index >= 15 is 0 Å². The van der Waals surface area contributed by atoms with Gasteiger partial charge in [0.25, 0.3) is 5.91 Å². The summed E-state index contributed by atoms with van der Waals surface area (Å²) >= 11 is 1.48. The van der Waals surface area contributed by atoms with Gasteiger partial charge in [0.1, 0.15) is 5.75 Å². The summed E-state index contributed by atoms with van der Waals surface area (Å²) in [6.45, 7) is 3.87. The summed E-state index contributed by atoms with van der Waals surface area (Å²) in [4.78, 5) is 25.3. The van der Waals surface area contributed by atoms with Crippen LogP contribution in [0.1, 0.15) is 28.4 Å². The van der Waals surface area contributed by atoms with Gasteiger partial charge in [-0.1, -0.05) is 35.9 Å². The topological polar surface area (TPSA) is 67.8 Å². The lowest BCUT2D eigenvalue weighted by Crippen LogP contribution is -2.26. The van der Waals surface area contributed by atoms with Crippen LogP contribution in [-0.4, -0.2) is 23.3 Å². The van der Waals surface area contributed by atoms with Gasteiger partial charge in [-0.05, 0) is 67.9 Å². The first-order chi connectivity index (χ1) is 14.5. The lowest BCUT2D eigenvalue weighted by Gasteiger charge is -2.09. The predicted molar refractivity (Wildman–Crippen MR) is 120 cm³/mol. The molecule has 152 valence electrons. The van der Waals surface area contributed by atoms with Crippen LogP contribution in [0.4, 0.5) is 0 Å². The number of thioether (sulfide) groups is 1. The van der Waals surface area contributed by atoms with Gasteiger partial charge in [0.15, 0.2) is 0 Å². The minimum Gasteiger partial charge on any atom is -0.423 e. The Bertz CT molecular complexity index is 1020. The Morgan fingerprint density at radius 1 is 0.967 bits per heavy atom.